The normalized spacial score (nSPS) is 38.5. The monoisotopic (exact) mass is 157 g/mol. The largest absolute Gasteiger partial charge is 0.396 e. The molecule has 1 saturated carbocycles. The van der Waals surface area contributed by atoms with Gasteiger partial charge in [-0.15, -0.1) is 0 Å². The van der Waals surface area contributed by atoms with E-state index < -0.39 is 0 Å². The van der Waals surface area contributed by atoms with E-state index in [-0.39, 0.29) is 5.41 Å². The van der Waals surface area contributed by atoms with E-state index in [2.05, 4.69) is 25.9 Å². The summed E-state index contributed by atoms with van der Waals surface area (Å²) in [7, 11) is 4.20. The van der Waals surface area contributed by atoms with Gasteiger partial charge in [0.15, 0.2) is 0 Å². The van der Waals surface area contributed by atoms with Crippen molar-refractivity contribution in [3.05, 3.63) is 0 Å². The molecular weight excluding hydrogens is 138 g/mol. The van der Waals surface area contributed by atoms with Gasteiger partial charge in [0, 0.05) is 18.1 Å². The minimum Gasteiger partial charge on any atom is -0.396 e. The molecule has 1 aliphatic rings. The summed E-state index contributed by atoms with van der Waals surface area (Å²) < 4.78 is 0. The summed E-state index contributed by atoms with van der Waals surface area (Å²) in [6.07, 6.45) is 3.68. The zero-order valence-electron chi connectivity index (χ0n) is 7.80. The highest BCUT2D eigenvalue weighted by Crippen LogP contribution is 2.39. The standard InChI is InChI=1S/C9H19NO/c1-9(7-11)6-4-5-8(9)10(2)3/h8,11H,4-7H2,1-3H3. The van der Waals surface area contributed by atoms with Crippen molar-refractivity contribution < 1.29 is 5.11 Å². The highest BCUT2D eigenvalue weighted by atomic mass is 16.3. The summed E-state index contributed by atoms with van der Waals surface area (Å²) in [6, 6.07) is 0.576. The smallest absolute Gasteiger partial charge is 0.0499 e. The van der Waals surface area contributed by atoms with E-state index in [1.807, 2.05) is 0 Å². The molecule has 2 heteroatoms. The van der Waals surface area contributed by atoms with Crippen molar-refractivity contribution in [1.29, 1.82) is 0 Å². The van der Waals surface area contributed by atoms with Gasteiger partial charge in [-0.25, -0.2) is 0 Å². The molecule has 0 saturated heterocycles. The third-order valence-corrected chi connectivity index (χ3v) is 3.01. The van der Waals surface area contributed by atoms with Crippen LogP contribution in [0.1, 0.15) is 26.2 Å². The maximum absolute atomic E-state index is 9.22. The van der Waals surface area contributed by atoms with Gasteiger partial charge in [0.1, 0.15) is 0 Å². The molecule has 0 aliphatic heterocycles. The Kier molecular flexibility index (Phi) is 2.55. The molecule has 2 atom stereocenters. The van der Waals surface area contributed by atoms with Gasteiger partial charge in [-0.2, -0.15) is 0 Å². The zero-order valence-corrected chi connectivity index (χ0v) is 7.80. The molecule has 0 radical (unpaired) electrons. The molecule has 2 nitrogen and oxygen atoms in total. The lowest BCUT2D eigenvalue weighted by Gasteiger charge is -2.34. The molecule has 0 aromatic rings. The van der Waals surface area contributed by atoms with Crippen LogP contribution in [0.5, 0.6) is 0 Å². The first-order valence-corrected chi connectivity index (χ1v) is 4.37. The molecule has 0 spiro atoms. The first-order valence-electron chi connectivity index (χ1n) is 4.37. The van der Waals surface area contributed by atoms with Crippen molar-refractivity contribution >= 4 is 0 Å². The summed E-state index contributed by atoms with van der Waals surface area (Å²) in [5.41, 5.74) is 0.156. The molecule has 1 N–H and O–H groups in total. The first-order chi connectivity index (χ1) is 5.10. The molecule has 0 heterocycles. The van der Waals surface area contributed by atoms with Gasteiger partial charge < -0.3 is 10.0 Å². The van der Waals surface area contributed by atoms with Gasteiger partial charge in [-0.1, -0.05) is 13.3 Å². The summed E-state index contributed by atoms with van der Waals surface area (Å²) in [6.45, 7) is 2.51. The fourth-order valence-corrected chi connectivity index (χ4v) is 2.28. The maximum atomic E-state index is 9.22. The maximum Gasteiger partial charge on any atom is 0.0499 e. The Morgan fingerprint density at radius 1 is 1.55 bits per heavy atom. The second-order valence-electron chi connectivity index (χ2n) is 4.18. The summed E-state index contributed by atoms with van der Waals surface area (Å²) in [5.74, 6) is 0. The summed E-state index contributed by atoms with van der Waals surface area (Å²) >= 11 is 0. The average Bonchev–Trinajstić information content (AvgIpc) is 2.32. The van der Waals surface area contributed by atoms with Crippen LogP contribution >= 0.6 is 0 Å². The van der Waals surface area contributed by atoms with Crippen LogP contribution < -0.4 is 0 Å². The molecular formula is C9H19NO. The van der Waals surface area contributed by atoms with Crippen LogP contribution in [0.3, 0.4) is 0 Å². The molecule has 0 aromatic heterocycles. The van der Waals surface area contributed by atoms with E-state index in [1.54, 1.807) is 0 Å². The van der Waals surface area contributed by atoms with E-state index in [0.29, 0.717) is 12.6 Å². The van der Waals surface area contributed by atoms with Crippen molar-refractivity contribution in [2.45, 2.75) is 32.2 Å². The van der Waals surface area contributed by atoms with Crippen LogP contribution in [0.4, 0.5) is 0 Å². The molecule has 0 aromatic carbocycles. The van der Waals surface area contributed by atoms with Crippen molar-refractivity contribution in [3.8, 4) is 0 Å². The van der Waals surface area contributed by atoms with Gasteiger partial charge >= 0.3 is 0 Å². The predicted molar refractivity (Wildman–Crippen MR) is 46.5 cm³/mol. The van der Waals surface area contributed by atoms with E-state index >= 15 is 0 Å². The lowest BCUT2D eigenvalue weighted by Crippen LogP contribution is -2.40. The van der Waals surface area contributed by atoms with Crippen molar-refractivity contribution in [1.82, 2.24) is 4.90 Å². The average molecular weight is 157 g/mol. The molecule has 66 valence electrons. The second-order valence-corrected chi connectivity index (χ2v) is 4.18. The Morgan fingerprint density at radius 3 is 2.55 bits per heavy atom. The van der Waals surface area contributed by atoms with Crippen LogP contribution in [0.25, 0.3) is 0 Å². The predicted octanol–water partition coefficient (Wildman–Crippen LogP) is 1.10. The lowest BCUT2D eigenvalue weighted by atomic mass is 9.85. The van der Waals surface area contributed by atoms with Crippen molar-refractivity contribution in [2.75, 3.05) is 20.7 Å². The van der Waals surface area contributed by atoms with Crippen LogP contribution in [0.15, 0.2) is 0 Å². The van der Waals surface area contributed by atoms with Gasteiger partial charge in [0.05, 0.1) is 0 Å². The second kappa shape index (κ2) is 3.11. The van der Waals surface area contributed by atoms with Crippen LogP contribution in [-0.4, -0.2) is 36.8 Å². The summed E-state index contributed by atoms with van der Waals surface area (Å²) in [5, 5.41) is 9.22. The third-order valence-electron chi connectivity index (χ3n) is 3.01. The van der Waals surface area contributed by atoms with Gasteiger partial charge in [-0.05, 0) is 26.9 Å². The van der Waals surface area contributed by atoms with E-state index in [1.165, 1.54) is 19.3 Å². The Bertz CT molecular complexity index is 136. The van der Waals surface area contributed by atoms with Crippen LogP contribution in [0.2, 0.25) is 0 Å². The SMILES string of the molecule is CN(C)C1CCCC1(C)CO. The lowest BCUT2D eigenvalue weighted by molar-refractivity contribution is 0.0740. The van der Waals surface area contributed by atoms with Crippen LogP contribution in [0, 0.1) is 5.41 Å². The minimum absolute atomic E-state index is 0.156. The Balaban J connectivity index is 2.64. The van der Waals surface area contributed by atoms with Gasteiger partial charge in [0.2, 0.25) is 0 Å². The molecule has 2 unspecified atom stereocenters. The fourth-order valence-electron chi connectivity index (χ4n) is 2.28. The van der Waals surface area contributed by atoms with E-state index in [0.717, 1.165) is 0 Å². The number of aliphatic hydroxyl groups excluding tert-OH is 1. The Hall–Kier alpha value is -0.0800. The molecule has 1 aliphatic carbocycles. The van der Waals surface area contributed by atoms with Crippen molar-refractivity contribution in [2.24, 2.45) is 5.41 Å². The number of aliphatic hydroxyl groups is 1. The number of rotatable bonds is 2. The van der Waals surface area contributed by atoms with Gasteiger partial charge in [-0.3, -0.25) is 0 Å². The molecule has 0 amide bonds. The zero-order chi connectivity index (χ0) is 8.48. The molecule has 1 rings (SSSR count). The van der Waals surface area contributed by atoms with Crippen molar-refractivity contribution in [3.63, 3.8) is 0 Å². The molecule has 11 heavy (non-hydrogen) atoms. The van der Waals surface area contributed by atoms with E-state index in [9.17, 15) is 5.11 Å². The molecule has 1 fully saturated rings. The minimum atomic E-state index is 0.156. The number of hydrogen-bond donors (Lipinski definition) is 1. The fraction of sp³-hybridized carbons (Fsp3) is 1.00. The highest BCUT2D eigenvalue weighted by Gasteiger charge is 2.39. The highest BCUT2D eigenvalue weighted by molar-refractivity contribution is 4.92. The molecule has 0 bridgehead atoms. The number of hydrogen-bond acceptors (Lipinski definition) is 2. The Morgan fingerprint density at radius 2 is 2.18 bits per heavy atom. The number of nitrogens with zero attached hydrogens (tertiary/aromatic N) is 1. The van der Waals surface area contributed by atoms with Crippen LogP contribution in [-0.2, 0) is 0 Å². The topological polar surface area (TPSA) is 23.5 Å². The Labute approximate surface area is 69.2 Å². The van der Waals surface area contributed by atoms with E-state index in [4.69, 9.17) is 0 Å². The third kappa shape index (κ3) is 1.57. The quantitative estimate of drug-likeness (QED) is 0.649. The first kappa shape index (κ1) is 9.01. The summed E-state index contributed by atoms with van der Waals surface area (Å²) in [4.78, 5) is 2.24. The van der Waals surface area contributed by atoms with Gasteiger partial charge in [0.25, 0.3) is 0 Å².